The predicted octanol–water partition coefficient (Wildman–Crippen LogP) is 5.07. The smallest absolute Gasteiger partial charge is 0.338 e. The molecule has 3 aromatic rings. The molecule has 0 fully saturated rings. The average Bonchev–Trinajstić information content (AvgIpc) is 2.78. The number of ether oxygens (including phenoxy) is 2. The molecular weight excluding hydrogens is 404 g/mol. The third kappa shape index (κ3) is 5.99. The fourth-order valence-corrected chi connectivity index (χ4v) is 2.86. The summed E-state index contributed by atoms with van der Waals surface area (Å²) in [6, 6.07) is 21.7. The fourth-order valence-electron chi connectivity index (χ4n) is 2.73. The Kier molecular flexibility index (Phi) is 7.29. The first-order valence-corrected chi connectivity index (χ1v) is 9.62. The normalized spacial score (nSPS) is 11.3. The molecule has 0 spiro atoms. The second kappa shape index (κ2) is 10.3. The van der Waals surface area contributed by atoms with Crippen molar-refractivity contribution in [2.75, 3.05) is 19.0 Å². The number of carbonyl (C=O) groups excluding carboxylic acids is 2. The average molecular weight is 425 g/mol. The van der Waals surface area contributed by atoms with Gasteiger partial charge in [-0.15, -0.1) is 0 Å². The number of esters is 1. The highest BCUT2D eigenvalue weighted by Gasteiger charge is 2.18. The number of benzene rings is 3. The molecule has 0 radical (unpaired) electrons. The number of carbonyl (C=O) groups is 2. The predicted molar refractivity (Wildman–Crippen MR) is 116 cm³/mol. The number of rotatable bonds is 7. The van der Waals surface area contributed by atoms with Crippen molar-refractivity contribution in [2.24, 2.45) is 0 Å². The van der Waals surface area contributed by atoms with Gasteiger partial charge in [-0.2, -0.15) is 0 Å². The number of hydrogen-bond acceptors (Lipinski definition) is 4. The van der Waals surface area contributed by atoms with E-state index in [2.05, 4.69) is 10.6 Å². The lowest BCUT2D eigenvalue weighted by molar-refractivity contribution is 0.0469. The van der Waals surface area contributed by atoms with Crippen molar-refractivity contribution in [3.05, 3.63) is 95.0 Å². The van der Waals surface area contributed by atoms with Crippen molar-refractivity contribution in [2.45, 2.75) is 6.04 Å². The van der Waals surface area contributed by atoms with E-state index in [0.29, 0.717) is 22.0 Å². The maximum absolute atomic E-state index is 12.5. The molecule has 1 atom stereocenters. The summed E-state index contributed by atoms with van der Waals surface area (Å²) in [6.07, 6.45) is 0. The van der Waals surface area contributed by atoms with Gasteiger partial charge in [-0.1, -0.05) is 41.9 Å². The first-order chi connectivity index (χ1) is 14.5. The largest absolute Gasteiger partial charge is 0.497 e. The lowest BCUT2D eigenvalue weighted by atomic mass is 10.1. The van der Waals surface area contributed by atoms with Crippen LogP contribution in [-0.4, -0.2) is 25.7 Å². The molecule has 154 valence electrons. The molecule has 0 aliphatic heterocycles. The number of urea groups is 1. The minimum atomic E-state index is -0.527. The van der Waals surface area contributed by atoms with E-state index in [1.165, 1.54) is 0 Å². The molecule has 6 nitrogen and oxygen atoms in total. The van der Waals surface area contributed by atoms with E-state index in [4.69, 9.17) is 21.1 Å². The first kappa shape index (κ1) is 21.2. The molecule has 0 saturated heterocycles. The van der Waals surface area contributed by atoms with E-state index < -0.39 is 18.0 Å². The van der Waals surface area contributed by atoms with Gasteiger partial charge in [-0.3, -0.25) is 0 Å². The molecule has 3 aromatic carbocycles. The Bertz CT molecular complexity index is 976. The lowest BCUT2D eigenvalue weighted by Crippen LogP contribution is -2.35. The Hall–Kier alpha value is -3.51. The monoisotopic (exact) mass is 424 g/mol. The van der Waals surface area contributed by atoms with Gasteiger partial charge in [-0.05, 0) is 54.1 Å². The molecule has 0 aromatic heterocycles. The summed E-state index contributed by atoms with van der Waals surface area (Å²) in [4.78, 5) is 24.8. The zero-order chi connectivity index (χ0) is 21.3. The highest BCUT2D eigenvalue weighted by molar-refractivity contribution is 6.30. The number of amides is 2. The summed E-state index contributed by atoms with van der Waals surface area (Å²) in [5, 5.41) is 6.16. The molecule has 2 amide bonds. The highest BCUT2D eigenvalue weighted by atomic mass is 35.5. The van der Waals surface area contributed by atoms with E-state index in [0.717, 1.165) is 5.56 Å². The van der Waals surface area contributed by atoms with Crippen LogP contribution in [0.1, 0.15) is 22.0 Å². The zero-order valence-corrected chi connectivity index (χ0v) is 17.1. The summed E-state index contributed by atoms with van der Waals surface area (Å²) >= 11 is 5.87. The van der Waals surface area contributed by atoms with Gasteiger partial charge in [-0.25, -0.2) is 9.59 Å². The van der Waals surface area contributed by atoms with Gasteiger partial charge < -0.3 is 20.1 Å². The van der Waals surface area contributed by atoms with Gasteiger partial charge in [0, 0.05) is 10.7 Å². The molecular formula is C23H21ClN2O4. The van der Waals surface area contributed by atoms with Gasteiger partial charge in [0.15, 0.2) is 0 Å². The molecule has 0 bridgehead atoms. The van der Waals surface area contributed by atoms with Crippen LogP contribution < -0.4 is 15.4 Å². The Morgan fingerprint density at radius 2 is 1.60 bits per heavy atom. The second-order valence-corrected chi connectivity index (χ2v) is 6.83. The number of hydrogen-bond donors (Lipinski definition) is 2. The van der Waals surface area contributed by atoms with Crippen molar-refractivity contribution in [3.63, 3.8) is 0 Å². The maximum Gasteiger partial charge on any atom is 0.338 e. The van der Waals surface area contributed by atoms with Gasteiger partial charge in [0.2, 0.25) is 0 Å². The van der Waals surface area contributed by atoms with E-state index in [1.807, 2.05) is 30.3 Å². The Morgan fingerprint density at radius 3 is 2.23 bits per heavy atom. The van der Waals surface area contributed by atoms with Crippen LogP contribution >= 0.6 is 11.6 Å². The molecule has 2 N–H and O–H groups in total. The molecule has 0 unspecified atom stereocenters. The number of nitrogens with one attached hydrogen (secondary N) is 2. The third-order valence-corrected chi connectivity index (χ3v) is 4.57. The molecule has 7 heteroatoms. The Morgan fingerprint density at radius 1 is 0.933 bits per heavy atom. The Labute approximate surface area is 179 Å². The summed E-state index contributed by atoms with van der Waals surface area (Å²) in [5.41, 5.74) is 1.80. The van der Waals surface area contributed by atoms with Crippen LogP contribution in [0.25, 0.3) is 0 Å². The summed E-state index contributed by atoms with van der Waals surface area (Å²) in [5.74, 6) is 0.160. The highest BCUT2D eigenvalue weighted by Crippen LogP contribution is 2.17. The quantitative estimate of drug-likeness (QED) is 0.519. The topological polar surface area (TPSA) is 76.7 Å². The number of methoxy groups -OCH3 is 1. The Balaban J connectivity index is 1.65. The molecule has 30 heavy (non-hydrogen) atoms. The van der Waals surface area contributed by atoms with Gasteiger partial charge in [0.05, 0.1) is 18.7 Å². The molecule has 0 heterocycles. The molecule has 3 rings (SSSR count). The summed E-state index contributed by atoms with van der Waals surface area (Å²) < 4.78 is 10.5. The van der Waals surface area contributed by atoms with Crippen LogP contribution in [0.2, 0.25) is 5.02 Å². The summed E-state index contributed by atoms with van der Waals surface area (Å²) in [7, 11) is 1.55. The minimum absolute atomic E-state index is 0.0249. The van der Waals surface area contributed by atoms with Gasteiger partial charge >= 0.3 is 12.0 Å². The van der Waals surface area contributed by atoms with Crippen LogP contribution in [-0.2, 0) is 4.74 Å². The molecule has 0 aliphatic carbocycles. The molecule has 0 aliphatic rings. The van der Waals surface area contributed by atoms with Crippen LogP contribution in [0.5, 0.6) is 5.75 Å². The standard InChI is InChI=1S/C23H21ClN2O4/c1-29-20-13-7-17(8-14-20)22(27)30-15-21(16-5-3-2-4-6-16)26-23(28)25-19-11-9-18(24)10-12-19/h2-14,21H,15H2,1H3,(H2,25,26,28)/t21-/m1/s1. The SMILES string of the molecule is COc1ccc(C(=O)OC[C@@H](NC(=O)Nc2ccc(Cl)cc2)c2ccccc2)cc1. The zero-order valence-electron chi connectivity index (χ0n) is 16.3. The minimum Gasteiger partial charge on any atom is -0.497 e. The molecule has 0 saturated carbocycles. The lowest BCUT2D eigenvalue weighted by Gasteiger charge is -2.20. The van der Waals surface area contributed by atoms with E-state index >= 15 is 0 Å². The van der Waals surface area contributed by atoms with Crippen LogP contribution in [0.15, 0.2) is 78.9 Å². The van der Waals surface area contributed by atoms with Crippen molar-refractivity contribution in [1.29, 1.82) is 0 Å². The van der Waals surface area contributed by atoms with Crippen molar-refractivity contribution in [1.82, 2.24) is 5.32 Å². The maximum atomic E-state index is 12.5. The van der Waals surface area contributed by atoms with E-state index in [-0.39, 0.29) is 6.61 Å². The van der Waals surface area contributed by atoms with Crippen LogP contribution in [0, 0.1) is 0 Å². The van der Waals surface area contributed by atoms with Crippen LogP contribution in [0.3, 0.4) is 0 Å². The summed E-state index contributed by atoms with van der Waals surface area (Å²) in [6.45, 7) is -0.0249. The van der Waals surface area contributed by atoms with E-state index in [1.54, 1.807) is 55.6 Å². The van der Waals surface area contributed by atoms with Crippen molar-refractivity contribution in [3.8, 4) is 5.75 Å². The van der Waals surface area contributed by atoms with Crippen molar-refractivity contribution < 1.29 is 19.1 Å². The van der Waals surface area contributed by atoms with Crippen molar-refractivity contribution >= 4 is 29.3 Å². The third-order valence-electron chi connectivity index (χ3n) is 4.32. The second-order valence-electron chi connectivity index (χ2n) is 6.40. The van der Waals surface area contributed by atoms with Gasteiger partial charge in [0.1, 0.15) is 12.4 Å². The fraction of sp³-hybridized carbons (Fsp3) is 0.130. The first-order valence-electron chi connectivity index (χ1n) is 9.24. The van der Waals surface area contributed by atoms with E-state index in [9.17, 15) is 9.59 Å². The number of anilines is 1. The van der Waals surface area contributed by atoms with Crippen LogP contribution in [0.4, 0.5) is 10.5 Å². The van der Waals surface area contributed by atoms with Gasteiger partial charge in [0.25, 0.3) is 0 Å². The number of halogens is 1.